The normalized spacial score (nSPS) is 14.0. The summed E-state index contributed by atoms with van der Waals surface area (Å²) in [7, 11) is 1.63. The van der Waals surface area contributed by atoms with Crippen LogP contribution >= 0.6 is 11.6 Å². The van der Waals surface area contributed by atoms with Gasteiger partial charge in [-0.2, -0.15) is 0 Å². The second-order valence-corrected chi connectivity index (χ2v) is 8.83. The molecule has 0 radical (unpaired) electrons. The molecule has 0 unspecified atom stereocenters. The Hall–Kier alpha value is -4.04. The van der Waals surface area contributed by atoms with E-state index >= 15 is 0 Å². The zero-order valence-electron chi connectivity index (χ0n) is 19.9. The number of fused-ring (bicyclic) bond motifs is 1. The van der Waals surface area contributed by atoms with Crippen molar-refractivity contribution in [1.29, 1.82) is 0 Å². The van der Waals surface area contributed by atoms with E-state index in [9.17, 15) is 0 Å². The van der Waals surface area contributed by atoms with E-state index in [2.05, 4.69) is 38.3 Å². The Kier molecular flexibility index (Phi) is 6.77. The first-order valence-corrected chi connectivity index (χ1v) is 11.9. The first-order valence-electron chi connectivity index (χ1n) is 11.6. The van der Waals surface area contributed by atoms with Crippen LogP contribution in [-0.4, -0.2) is 46.2 Å². The predicted octanol–water partition coefficient (Wildman–Crippen LogP) is 6.23. The zero-order valence-corrected chi connectivity index (χ0v) is 20.7. The lowest BCUT2D eigenvalue weighted by Crippen LogP contribution is -2.37. The number of nitrogens with zero attached hydrogens (tertiary/aromatic N) is 4. The number of aromatic nitrogens is 3. The van der Waals surface area contributed by atoms with Gasteiger partial charge in [-0.15, -0.1) is 0 Å². The molecule has 184 valence electrons. The zero-order chi connectivity index (χ0) is 25.1. The molecule has 1 fully saturated rings. The summed E-state index contributed by atoms with van der Waals surface area (Å²) in [5, 5.41) is 4.75. The average molecular weight is 504 g/mol. The van der Waals surface area contributed by atoms with Gasteiger partial charge in [0.25, 0.3) is 0 Å². The number of methoxy groups -OCH3 is 1. The van der Waals surface area contributed by atoms with E-state index in [1.54, 1.807) is 25.4 Å². The summed E-state index contributed by atoms with van der Waals surface area (Å²) in [4.78, 5) is 15.1. The molecule has 9 heteroatoms. The molecular formula is C27H26ClN5O3. The second kappa shape index (κ2) is 10.3. The van der Waals surface area contributed by atoms with Crippen LogP contribution in [0.15, 0.2) is 78.6 Å². The fourth-order valence-electron chi connectivity index (χ4n) is 4.26. The molecule has 3 heterocycles. The number of rotatable bonds is 8. The van der Waals surface area contributed by atoms with Crippen LogP contribution in [0.4, 0.5) is 11.5 Å². The molecule has 1 N–H and O–H groups in total. The molecule has 0 aliphatic carbocycles. The van der Waals surface area contributed by atoms with E-state index in [1.807, 2.05) is 24.3 Å². The monoisotopic (exact) mass is 503 g/mol. The summed E-state index contributed by atoms with van der Waals surface area (Å²) in [6.45, 7) is 9.59. The maximum Gasteiger partial charge on any atom is 0.181 e. The summed E-state index contributed by atoms with van der Waals surface area (Å²) in [5.74, 6) is 2.50. The van der Waals surface area contributed by atoms with Crippen LogP contribution in [0.1, 0.15) is 12.8 Å². The fourth-order valence-corrected chi connectivity index (χ4v) is 4.47. The van der Waals surface area contributed by atoms with Crippen LogP contribution in [0, 0.1) is 0 Å². The number of benzene rings is 2. The van der Waals surface area contributed by atoms with E-state index in [0.717, 1.165) is 53.8 Å². The number of allylic oxidation sites excluding steroid dienone is 1. The molecule has 1 aliphatic heterocycles. The van der Waals surface area contributed by atoms with Gasteiger partial charge in [0.05, 0.1) is 23.8 Å². The molecule has 0 bridgehead atoms. The van der Waals surface area contributed by atoms with Crippen molar-refractivity contribution in [2.45, 2.75) is 18.9 Å². The van der Waals surface area contributed by atoms with Crippen LogP contribution in [0.3, 0.4) is 0 Å². The predicted molar refractivity (Wildman–Crippen MR) is 141 cm³/mol. The first kappa shape index (κ1) is 23.7. The smallest absolute Gasteiger partial charge is 0.181 e. The standard InChI is InChI=1S/C27H26ClN5O3/c1-4-17(2)33-9-7-19(8-10-33)36-25-12-21-23(13-24(25)34-3)30-15-31-27(21)32-18-5-6-22(28)20(11-18)26-14-29-16-35-26/h4-6,11-16,19H,1-2,7-10H2,3H3,(H,30,31,32). The number of oxazole rings is 1. The number of nitrogens with one attached hydrogen (secondary N) is 1. The van der Waals surface area contributed by atoms with Crippen molar-refractivity contribution in [2.75, 3.05) is 25.5 Å². The maximum absolute atomic E-state index is 6.41. The van der Waals surface area contributed by atoms with E-state index in [1.165, 1.54) is 12.7 Å². The van der Waals surface area contributed by atoms with Gasteiger partial charge in [0, 0.05) is 54.3 Å². The highest BCUT2D eigenvalue weighted by Gasteiger charge is 2.22. The molecule has 4 aromatic rings. The number of piperidine rings is 1. The Morgan fingerprint density at radius 2 is 2.03 bits per heavy atom. The molecule has 0 amide bonds. The van der Waals surface area contributed by atoms with Gasteiger partial charge in [-0.1, -0.05) is 24.8 Å². The number of hydrogen-bond donors (Lipinski definition) is 1. The van der Waals surface area contributed by atoms with E-state index in [-0.39, 0.29) is 6.10 Å². The van der Waals surface area contributed by atoms with E-state index in [0.29, 0.717) is 28.1 Å². The summed E-state index contributed by atoms with van der Waals surface area (Å²) < 4.78 is 17.5. The minimum Gasteiger partial charge on any atom is -0.493 e. The van der Waals surface area contributed by atoms with Crippen molar-refractivity contribution in [1.82, 2.24) is 19.9 Å². The van der Waals surface area contributed by atoms with Crippen LogP contribution in [0.5, 0.6) is 11.5 Å². The van der Waals surface area contributed by atoms with Gasteiger partial charge >= 0.3 is 0 Å². The number of likely N-dealkylation sites (tertiary alicyclic amines) is 1. The summed E-state index contributed by atoms with van der Waals surface area (Å²) in [5.41, 5.74) is 3.20. The summed E-state index contributed by atoms with van der Waals surface area (Å²) in [6, 6.07) is 9.37. The molecule has 5 rings (SSSR count). The number of hydrogen-bond acceptors (Lipinski definition) is 8. The number of ether oxygens (including phenoxy) is 2. The minimum atomic E-state index is 0.0620. The van der Waals surface area contributed by atoms with E-state index < -0.39 is 0 Å². The first-order chi connectivity index (χ1) is 17.6. The highest BCUT2D eigenvalue weighted by Crippen LogP contribution is 2.37. The molecule has 2 aromatic heterocycles. The minimum absolute atomic E-state index is 0.0620. The topological polar surface area (TPSA) is 85.5 Å². The van der Waals surface area contributed by atoms with Crippen LogP contribution < -0.4 is 14.8 Å². The highest BCUT2D eigenvalue weighted by atomic mass is 35.5. The van der Waals surface area contributed by atoms with Crippen molar-refractivity contribution >= 4 is 34.0 Å². The SMILES string of the molecule is C=CC(=C)N1CCC(Oc2cc3c(Nc4ccc(Cl)c(-c5cnco5)c4)ncnc3cc2OC)CC1. The van der Waals surface area contributed by atoms with Gasteiger partial charge in [0.2, 0.25) is 0 Å². The van der Waals surface area contributed by atoms with Gasteiger partial charge in [-0.25, -0.2) is 15.0 Å². The molecule has 2 aromatic carbocycles. The number of halogens is 1. The molecular weight excluding hydrogens is 478 g/mol. The molecule has 0 spiro atoms. The third-order valence-electron chi connectivity index (χ3n) is 6.23. The van der Waals surface area contributed by atoms with Crippen molar-refractivity contribution in [3.05, 3.63) is 79.2 Å². The largest absolute Gasteiger partial charge is 0.493 e. The van der Waals surface area contributed by atoms with Crippen LogP contribution in [0.25, 0.3) is 22.2 Å². The Morgan fingerprint density at radius 3 is 2.75 bits per heavy atom. The van der Waals surface area contributed by atoms with Crippen molar-refractivity contribution in [3.8, 4) is 22.8 Å². The van der Waals surface area contributed by atoms with Crippen molar-refractivity contribution in [3.63, 3.8) is 0 Å². The van der Waals surface area contributed by atoms with Gasteiger partial charge in [-0.05, 0) is 30.3 Å². The van der Waals surface area contributed by atoms with Gasteiger partial charge in [0.15, 0.2) is 23.7 Å². The Morgan fingerprint density at radius 1 is 1.19 bits per heavy atom. The molecule has 36 heavy (non-hydrogen) atoms. The highest BCUT2D eigenvalue weighted by molar-refractivity contribution is 6.33. The third-order valence-corrected chi connectivity index (χ3v) is 6.55. The Labute approximate surface area is 214 Å². The Bertz CT molecular complexity index is 1400. The lowest BCUT2D eigenvalue weighted by Gasteiger charge is -2.34. The quantitative estimate of drug-likeness (QED) is 0.283. The van der Waals surface area contributed by atoms with Gasteiger partial charge in [0.1, 0.15) is 18.2 Å². The Balaban J connectivity index is 1.42. The van der Waals surface area contributed by atoms with Crippen molar-refractivity contribution < 1.29 is 13.9 Å². The third kappa shape index (κ3) is 4.85. The molecule has 0 atom stereocenters. The lowest BCUT2D eigenvalue weighted by molar-refractivity contribution is 0.116. The summed E-state index contributed by atoms with van der Waals surface area (Å²) >= 11 is 6.38. The van der Waals surface area contributed by atoms with Crippen LogP contribution in [-0.2, 0) is 0 Å². The van der Waals surface area contributed by atoms with Gasteiger partial charge < -0.3 is 24.1 Å². The van der Waals surface area contributed by atoms with Crippen molar-refractivity contribution in [2.24, 2.45) is 0 Å². The molecule has 1 aliphatic rings. The lowest BCUT2D eigenvalue weighted by atomic mass is 10.1. The van der Waals surface area contributed by atoms with Gasteiger partial charge in [-0.3, -0.25) is 0 Å². The van der Waals surface area contributed by atoms with E-state index in [4.69, 9.17) is 25.5 Å². The second-order valence-electron chi connectivity index (χ2n) is 8.43. The molecule has 1 saturated heterocycles. The summed E-state index contributed by atoms with van der Waals surface area (Å²) in [6.07, 6.45) is 8.11. The number of anilines is 2. The fraction of sp³-hybridized carbons (Fsp3) is 0.222. The molecule has 0 saturated carbocycles. The van der Waals surface area contributed by atoms with Crippen LogP contribution in [0.2, 0.25) is 5.02 Å². The average Bonchev–Trinajstić information content (AvgIpc) is 3.44. The maximum atomic E-state index is 6.41. The molecule has 8 nitrogen and oxygen atoms in total.